The van der Waals surface area contributed by atoms with E-state index in [-0.39, 0.29) is 0 Å². The molecule has 2 aromatic heterocycles. The average Bonchev–Trinajstić information content (AvgIpc) is 3.47. The maximum Gasteiger partial charge on any atom is 0.125 e. The van der Waals surface area contributed by atoms with Crippen LogP contribution in [0.3, 0.4) is 0 Å². The molecule has 0 aliphatic rings. The average molecular weight is 449 g/mol. The third-order valence-corrected chi connectivity index (χ3v) is 6.00. The van der Waals surface area contributed by atoms with Crippen molar-refractivity contribution in [2.24, 2.45) is 21.5 Å². The van der Waals surface area contributed by atoms with Gasteiger partial charge in [0.25, 0.3) is 0 Å². The Balaban J connectivity index is 1.43. The van der Waals surface area contributed by atoms with Gasteiger partial charge in [-0.15, -0.1) is 0 Å². The van der Waals surface area contributed by atoms with E-state index in [0.717, 1.165) is 55.4 Å². The Morgan fingerprint density at radius 2 is 1.03 bits per heavy atom. The van der Waals surface area contributed by atoms with Crippen molar-refractivity contribution >= 4 is 33.5 Å². The van der Waals surface area contributed by atoms with Crippen LogP contribution < -0.4 is 11.5 Å². The monoisotopic (exact) mass is 448 g/mol. The normalized spacial score (nSPS) is 12.6. The fraction of sp³-hybridized carbons (Fsp3) is 0.143. The molecule has 0 saturated heterocycles. The molecule has 0 radical (unpaired) electrons. The molecule has 0 saturated carbocycles. The molecule has 0 bridgehead atoms. The minimum absolute atomic E-state index is 0.565. The second kappa shape index (κ2) is 8.90. The number of hydrogen-bond donors (Lipinski definition) is 4. The summed E-state index contributed by atoms with van der Waals surface area (Å²) in [7, 11) is 0. The highest BCUT2D eigenvalue weighted by atomic mass is 14.8. The Morgan fingerprint density at radius 1 is 0.618 bits per heavy atom. The fourth-order valence-electron chi connectivity index (χ4n) is 4.24. The van der Waals surface area contributed by atoms with Crippen LogP contribution in [-0.4, -0.2) is 34.7 Å². The zero-order valence-corrected chi connectivity index (χ0v) is 19.4. The summed E-state index contributed by atoms with van der Waals surface area (Å²) in [5.74, 6) is 1.13. The molecule has 3 aromatic carbocycles. The van der Waals surface area contributed by atoms with Gasteiger partial charge in [0.05, 0.1) is 0 Å². The first-order chi connectivity index (χ1) is 16.6. The highest BCUT2D eigenvalue weighted by Gasteiger charge is 2.09. The Hall–Kier alpha value is -4.32. The van der Waals surface area contributed by atoms with E-state index in [4.69, 9.17) is 11.5 Å². The zero-order valence-electron chi connectivity index (χ0n) is 19.4. The summed E-state index contributed by atoms with van der Waals surface area (Å²) in [6.45, 7) is 5.30. The number of nitrogens with one attached hydrogen (secondary N) is 2. The molecule has 6 nitrogen and oxygen atoms in total. The maximum absolute atomic E-state index is 6.07. The smallest absolute Gasteiger partial charge is 0.125 e. The van der Waals surface area contributed by atoms with Gasteiger partial charge >= 0.3 is 0 Å². The first-order valence-corrected chi connectivity index (χ1v) is 11.5. The molecule has 6 heteroatoms. The van der Waals surface area contributed by atoms with Gasteiger partial charge in [0.1, 0.15) is 11.7 Å². The van der Waals surface area contributed by atoms with E-state index in [1.165, 1.54) is 0 Å². The number of nitrogens with two attached hydrogens (primary N) is 2. The van der Waals surface area contributed by atoms with Crippen molar-refractivity contribution in [1.29, 1.82) is 0 Å². The lowest BCUT2D eigenvalue weighted by molar-refractivity contribution is 1.12. The summed E-state index contributed by atoms with van der Waals surface area (Å²) < 4.78 is 0. The van der Waals surface area contributed by atoms with Gasteiger partial charge in [-0.2, -0.15) is 0 Å². The van der Waals surface area contributed by atoms with Gasteiger partial charge in [0.15, 0.2) is 0 Å². The molecule has 0 aliphatic heterocycles. The Morgan fingerprint density at radius 3 is 1.41 bits per heavy atom. The molecule has 0 unspecified atom stereocenters. The highest BCUT2D eigenvalue weighted by Crippen LogP contribution is 2.29. The van der Waals surface area contributed by atoms with Crippen LogP contribution in [0.1, 0.15) is 25.0 Å². The molecule has 2 heterocycles. The van der Waals surface area contributed by atoms with Crippen LogP contribution in [0.5, 0.6) is 0 Å². The first-order valence-electron chi connectivity index (χ1n) is 11.5. The van der Waals surface area contributed by atoms with Crippen LogP contribution >= 0.6 is 0 Å². The van der Waals surface area contributed by atoms with Crippen LogP contribution in [0, 0.1) is 0 Å². The van der Waals surface area contributed by atoms with Gasteiger partial charge < -0.3 is 21.4 Å². The molecule has 0 fully saturated rings. The molecule has 170 valence electrons. The molecule has 0 amide bonds. The third-order valence-electron chi connectivity index (χ3n) is 6.00. The predicted octanol–water partition coefficient (Wildman–Crippen LogP) is 5.43. The van der Waals surface area contributed by atoms with Crippen molar-refractivity contribution in [1.82, 2.24) is 9.97 Å². The van der Waals surface area contributed by atoms with Crippen LogP contribution in [0.2, 0.25) is 0 Å². The van der Waals surface area contributed by atoms with Crippen molar-refractivity contribution in [3.63, 3.8) is 0 Å². The maximum atomic E-state index is 6.07. The van der Waals surface area contributed by atoms with Gasteiger partial charge in [-0.05, 0) is 49.2 Å². The van der Waals surface area contributed by atoms with Crippen molar-refractivity contribution in [2.45, 2.75) is 13.8 Å². The van der Waals surface area contributed by atoms with E-state index >= 15 is 0 Å². The van der Waals surface area contributed by atoms with Crippen LogP contribution in [0.25, 0.3) is 44.3 Å². The highest BCUT2D eigenvalue weighted by molar-refractivity contribution is 6.02. The van der Waals surface area contributed by atoms with Gasteiger partial charge in [0.2, 0.25) is 0 Å². The molecule has 0 aliphatic carbocycles. The summed E-state index contributed by atoms with van der Waals surface area (Å²) in [6.07, 6.45) is 0. The number of hydrogen-bond acceptors (Lipinski definition) is 2. The fourth-order valence-corrected chi connectivity index (χ4v) is 4.24. The standard InChI is InChI=1S/C28H28N6/c1-3-31-27(29)21-11-9-19-13-23(33-25(19)15-21)17-5-7-18(8-6-17)24-14-20-10-12-22(16-26(20)34-24)28(30)32-4-2/h5-16,33-34H,3-4H2,1-2H3,(H2,29,31)(H2,30,32). The first kappa shape index (κ1) is 21.5. The van der Waals surface area contributed by atoms with Crippen LogP contribution in [-0.2, 0) is 0 Å². The molecule has 34 heavy (non-hydrogen) atoms. The van der Waals surface area contributed by atoms with E-state index in [2.05, 4.69) is 80.6 Å². The largest absolute Gasteiger partial charge is 0.384 e. The van der Waals surface area contributed by atoms with Gasteiger partial charge in [-0.3, -0.25) is 9.98 Å². The number of H-pyrrole nitrogens is 2. The Kier molecular flexibility index (Phi) is 5.64. The second-order valence-corrected chi connectivity index (χ2v) is 8.27. The molecule has 0 spiro atoms. The van der Waals surface area contributed by atoms with Gasteiger partial charge in [-0.25, -0.2) is 0 Å². The summed E-state index contributed by atoms with van der Waals surface area (Å²) in [4.78, 5) is 15.6. The third kappa shape index (κ3) is 4.06. The van der Waals surface area contributed by atoms with Crippen LogP contribution in [0.15, 0.2) is 82.8 Å². The van der Waals surface area contributed by atoms with Crippen molar-refractivity contribution in [3.8, 4) is 22.5 Å². The summed E-state index contributed by atoms with van der Waals surface area (Å²) in [5.41, 5.74) is 20.5. The lowest BCUT2D eigenvalue weighted by Crippen LogP contribution is -2.13. The van der Waals surface area contributed by atoms with Gasteiger partial charge in [0, 0.05) is 57.4 Å². The number of amidine groups is 2. The molecule has 0 atom stereocenters. The van der Waals surface area contributed by atoms with E-state index in [0.29, 0.717) is 24.8 Å². The minimum atomic E-state index is 0.565. The molecule has 6 N–H and O–H groups in total. The number of rotatable bonds is 6. The van der Waals surface area contributed by atoms with E-state index in [1.54, 1.807) is 0 Å². The van der Waals surface area contributed by atoms with Crippen molar-refractivity contribution in [3.05, 3.63) is 83.9 Å². The quantitative estimate of drug-likeness (QED) is 0.205. The summed E-state index contributed by atoms with van der Waals surface area (Å²) in [5, 5.41) is 2.29. The second-order valence-electron chi connectivity index (χ2n) is 8.27. The SMILES string of the molecule is CCN=C(N)c1ccc2cc(-c3ccc(-c4cc5ccc(C(N)=NCC)cc5[nH]4)cc3)[nH]c2c1. The summed E-state index contributed by atoms with van der Waals surface area (Å²) in [6, 6.07) is 25.2. The number of nitrogens with zero attached hydrogens (tertiary/aromatic N) is 2. The lowest BCUT2D eigenvalue weighted by atomic mass is 10.1. The van der Waals surface area contributed by atoms with Crippen LogP contribution in [0.4, 0.5) is 0 Å². The zero-order chi connectivity index (χ0) is 23.7. The number of fused-ring (bicyclic) bond motifs is 2. The number of aliphatic imine (C=N–C) groups is 2. The van der Waals surface area contributed by atoms with E-state index in [1.807, 2.05) is 26.0 Å². The van der Waals surface area contributed by atoms with E-state index < -0.39 is 0 Å². The molecule has 5 rings (SSSR count). The lowest BCUT2D eigenvalue weighted by Gasteiger charge is -2.02. The van der Waals surface area contributed by atoms with E-state index in [9.17, 15) is 0 Å². The Bertz CT molecular complexity index is 1420. The predicted molar refractivity (Wildman–Crippen MR) is 144 cm³/mol. The molecule has 5 aromatic rings. The number of aromatic amines is 2. The number of aromatic nitrogens is 2. The summed E-state index contributed by atoms with van der Waals surface area (Å²) >= 11 is 0. The minimum Gasteiger partial charge on any atom is -0.384 e. The van der Waals surface area contributed by atoms with Crippen molar-refractivity contribution < 1.29 is 0 Å². The van der Waals surface area contributed by atoms with Crippen molar-refractivity contribution in [2.75, 3.05) is 13.1 Å². The Labute approximate surface area is 198 Å². The number of benzene rings is 3. The topological polar surface area (TPSA) is 108 Å². The molecular formula is C28H28N6. The molecular weight excluding hydrogens is 420 g/mol. The van der Waals surface area contributed by atoms with Gasteiger partial charge in [-0.1, -0.05) is 48.5 Å².